The van der Waals surface area contributed by atoms with Gasteiger partial charge in [0.1, 0.15) is 11.6 Å². The number of H-pyrrole nitrogens is 2. The lowest BCUT2D eigenvalue weighted by Crippen LogP contribution is -2.32. The number of aryl methyl sites for hydroxylation is 2. The predicted octanol–water partition coefficient (Wildman–Crippen LogP) is 8.54. The van der Waals surface area contributed by atoms with Gasteiger partial charge in [-0.3, -0.25) is 28.7 Å². The Bertz CT molecular complexity index is 3160. The van der Waals surface area contributed by atoms with Crippen LogP contribution in [0.4, 0.5) is 5.82 Å². The van der Waals surface area contributed by atoms with Gasteiger partial charge in [-0.25, -0.2) is 29.5 Å². The number of aromatic nitrogens is 8. The number of benzene rings is 2. The zero-order chi connectivity index (χ0) is 47.4. The van der Waals surface area contributed by atoms with E-state index in [2.05, 4.69) is 72.0 Å². The molecule has 10 rings (SSSR count). The fraction of sp³-hybridized carbons (Fsp3) is 0.373. The molecule has 2 aliphatic carbocycles. The highest BCUT2D eigenvalue weighted by Gasteiger charge is 2.29. The Labute approximate surface area is 396 Å². The molecule has 5 aromatic heterocycles. The van der Waals surface area contributed by atoms with Crippen molar-refractivity contribution < 1.29 is 9.47 Å². The Morgan fingerprint density at radius 1 is 0.687 bits per heavy atom. The van der Waals surface area contributed by atoms with Crippen LogP contribution in [0.3, 0.4) is 0 Å². The summed E-state index contributed by atoms with van der Waals surface area (Å²) in [7, 11) is 0. The SMILES string of the molecule is CC(C)n1c2c(c(=O)[nH]c1=O)CC(c1cccnc1OCC1CC1)=N2.Cc1ccc(CBr)cc1.Cc1ccc(Cn2c(-c3cccnc3OCC3CC3)nc3c2c(=O)[nH]c(=O)n3C(C)C)cc1. The Hall–Kier alpha value is -6.68. The summed E-state index contributed by atoms with van der Waals surface area (Å²) in [5.74, 6) is 3.20. The molecular formula is C51H56BrN9O6. The van der Waals surface area contributed by atoms with Gasteiger partial charge in [0.25, 0.3) is 11.1 Å². The van der Waals surface area contributed by atoms with E-state index in [1.165, 1.54) is 45.9 Å². The predicted molar refractivity (Wildman–Crippen MR) is 265 cm³/mol. The molecule has 2 fully saturated rings. The van der Waals surface area contributed by atoms with Crippen LogP contribution in [0.15, 0.2) is 109 Å². The topological polar surface area (TPSA) is 184 Å². The highest BCUT2D eigenvalue weighted by Crippen LogP contribution is 2.35. The van der Waals surface area contributed by atoms with E-state index < -0.39 is 16.9 Å². The van der Waals surface area contributed by atoms with Crippen LogP contribution >= 0.6 is 15.9 Å². The van der Waals surface area contributed by atoms with Crippen LogP contribution in [0.5, 0.6) is 11.8 Å². The maximum absolute atomic E-state index is 13.0. The van der Waals surface area contributed by atoms with Crippen LogP contribution in [0.25, 0.3) is 22.6 Å². The molecule has 0 atom stereocenters. The van der Waals surface area contributed by atoms with Gasteiger partial charge in [-0.1, -0.05) is 75.6 Å². The molecule has 0 saturated heterocycles. The molecule has 0 amide bonds. The summed E-state index contributed by atoms with van der Waals surface area (Å²) < 4.78 is 16.8. The van der Waals surface area contributed by atoms with Crippen molar-refractivity contribution in [2.24, 2.45) is 16.8 Å². The number of ether oxygens (including phenoxy) is 2. The Morgan fingerprint density at radius 2 is 1.21 bits per heavy atom. The maximum atomic E-state index is 13.0. The quantitative estimate of drug-likeness (QED) is 0.107. The van der Waals surface area contributed by atoms with Gasteiger partial charge in [0.2, 0.25) is 11.8 Å². The summed E-state index contributed by atoms with van der Waals surface area (Å²) in [6.07, 6.45) is 8.48. The number of halogens is 1. The van der Waals surface area contributed by atoms with Crippen molar-refractivity contribution in [3.05, 3.63) is 160 Å². The van der Waals surface area contributed by atoms with E-state index in [0.717, 1.165) is 22.0 Å². The number of nitrogens with one attached hydrogen (secondary N) is 2. The van der Waals surface area contributed by atoms with Crippen molar-refractivity contribution in [3.8, 4) is 23.1 Å². The van der Waals surface area contributed by atoms with Gasteiger partial charge in [0, 0.05) is 42.8 Å². The fourth-order valence-electron chi connectivity index (χ4n) is 7.73. The number of pyridine rings is 2. The average molecular weight is 971 g/mol. The van der Waals surface area contributed by atoms with E-state index in [1.807, 2.05) is 87.7 Å². The van der Waals surface area contributed by atoms with E-state index in [4.69, 9.17) is 14.5 Å². The summed E-state index contributed by atoms with van der Waals surface area (Å²) >= 11 is 3.38. The van der Waals surface area contributed by atoms with Crippen LogP contribution < -0.4 is 32.0 Å². The van der Waals surface area contributed by atoms with Crippen molar-refractivity contribution >= 4 is 38.6 Å². The second-order valence-corrected chi connectivity index (χ2v) is 18.6. The lowest BCUT2D eigenvalue weighted by Gasteiger charge is -2.13. The van der Waals surface area contributed by atoms with E-state index in [1.54, 1.807) is 12.4 Å². The molecule has 3 aliphatic rings. The third-order valence-electron chi connectivity index (χ3n) is 11.8. The molecule has 7 aromatic rings. The molecule has 0 spiro atoms. The standard InChI is InChI=1S/C25H27N5O3.C18H20N4O3.C8H9Br/c1-15(2)30-22-20(23(31)28-25(30)32)29(13-17-8-6-16(3)7-9-17)21(27-22)19-5-4-12-26-24(19)33-14-18-10-11-18;1-10(2)22-15-13(16(23)21-18(22)24)8-14(20-15)12-4-3-7-19-17(12)25-9-11-5-6-11;1-7-2-4-8(6-9)5-3-7/h4-9,12,15,18H,10-11,13-14H2,1-3H3,(H,28,31,32);3-4,7,10-11H,5-6,8-9H2,1-2H3,(H,21,23,24);2-5H,6H2,1H3. The molecule has 0 radical (unpaired) electrons. The number of hydrogen-bond donors (Lipinski definition) is 2. The maximum Gasteiger partial charge on any atom is 0.330 e. The minimum Gasteiger partial charge on any atom is -0.477 e. The zero-order valence-corrected chi connectivity index (χ0v) is 40.3. The van der Waals surface area contributed by atoms with Crippen molar-refractivity contribution in [3.63, 3.8) is 0 Å². The van der Waals surface area contributed by atoms with Crippen LogP contribution in [0.1, 0.15) is 98.8 Å². The molecule has 16 heteroatoms. The molecule has 2 aromatic carbocycles. The van der Waals surface area contributed by atoms with Crippen molar-refractivity contribution in [1.29, 1.82) is 0 Å². The number of aliphatic imine (C=N–C) groups is 1. The largest absolute Gasteiger partial charge is 0.477 e. The second-order valence-electron chi connectivity index (χ2n) is 18.0. The first kappa shape index (κ1) is 46.8. The first-order valence-corrected chi connectivity index (χ1v) is 23.9. The minimum absolute atomic E-state index is 0.0966. The highest BCUT2D eigenvalue weighted by molar-refractivity contribution is 9.08. The molecule has 348 valence electrons. The molecule has 2 N–H and O–H groups in total. The molecule has 2 saturated carbocycles. The summed E-state index contributed by atoms with van der Waals surface area (Å²) in [5.41, 5.74) is 6.52. The van der Waals surface area contributed by atoms with E-state index in [-0.39, 0.29) is 17.6 Å². The average Bonchev–Trinajstić information content (AvgIpc) is 4.24. The van der Waals surface area contributed by atoms with Crippen LogP contribution in [-0.2, 0) is 18.3 Å². The third kappa shape index (κ3) is 11.0. The fourth-order valence-corrected chi connectivity index (χ4v) is 8.10. The number of alkyl halides is 1. The van der Waals surface area contributed by atoms with Crippen molar-refractivity contribution in [1.82, 2.24) is 38.6 Å². The van der Waals surface area contributed by atoms with Crippen molar-refractivity contribution in [2.75, 3.05) is 13.2 Å². The zero-order valence-electron chi connectivity index (χ0n) is 38.7. The number of hydrogen-bond acceptors (Lipinski definition) is 10. The highest BCUT2D eigenvalue weighted by atomic mass is 79.9. The van der Waals surface area contributed by atoms with E-state index in [0.29, 0.717) is 89.4 Å². The van der Waals surface area contributed by atoms with Crippen LogP contribution in [0.2, 0.25) is 0 Å². The van der Waals surface area contributed by atoms with Gasteiger partial charge in [0.15, 0.2) is 11.2 Å². The number of fused-ring (bicyclic) bond motifs is 2. The summed E-state index contributed by atoms with van der Waals surface area (Å²) in [6.45, 7) is 13.4. The third-order valence-corrected chi connectivity index (χ3v) is 12.4. The first-order valence-electron chi connectivity index (χ1n) is 22.8. The van der Waals surface area contributed by atoms with Crippen LogP contribution in [0, 0.1) is 25.7 Å². The first-order chi connectivity index (χ1) is 32.3. The second kappa shape index (κ2) is 20.5. The smallest absolute Gasteiger partial charge is 0.330 e. The number of nitrogens with zero attached hydrogens (tertiary/aromatic N) is 7. The molecule has 1 aliphatic heterocycles. The Morgan fingerprint density at radius 3 is 1.76 bits per heavy atom. The minimum atomic E-state index is -0.467. The number of aromatic amines is 2. The van der Waals surface area contributed by atoms with Gasteiger partial charge in [-0.15, -0.1) is 0 Å². The summed E-state index contributed by atoms with van der Waals surface area (Å²) in [4.78, 5) is 73.0. The summed E-state index contributed by atoms with van der Waals surface area (Å²) in [5, 5.41) is 0.952. The van der Waals surface area contributed by atoms with Gasteiger partial charge >= 0.3 is 11.4 Å². The lowest BCUT2D eigenvalue weighted by molar-refractivity contribution is 0.288. The van der Waals surface area contributed by atoms with Crippen LogP contribution in [-0.4, -0.2) is 57.5 Å². The van der Waals surface area contributed by atoms with Gasteiger partial charge in [-0.2, -0.15) is 0 Å². The molecule has 0 unspecified atom stereocenters. The monoisotopic (exact) mass is 969 g/mol. The van der Waals surface area contributed by atoms with Crippen molar-refractivity contribution in [2.45, 2.75) is 97.6 Å². The molecule has 6 heterocycles. The van der Waals surface area contributed by atoms with Gasteiger partial charge < -0.3 is 14.0 Å². The Kier molecular flexibility index (Phi) is 14.3. The Balaban J connectivity index is 0.000000157. The van der Waals surface area contributed by atoms with Gasteiger partial charge in [0.05, 0.1) is 35.6 Å². The normalized spacial score (nSPS) is 14.0. The lowest BCUT2D eigenvalue weighted by atomic mass is 10.1. The molecule has 67 heavy (non-hydrogen) atoms. The number of rotatable bonds is 13. The van der Waals surface area contributed by atoms with E-state index >= 15 is 0 Å². The number of imidazole rings is 1. The van der Waals surface area contributed by atoms with Gasteiger partial charge in [-0.05, 0) is 114 Å². The van der Waals surface area contributed by atoms with E-state index in [9.17, 15) is 19.2 Å². The molecule has 0 bridgehead atoms. The molecule has 15 nitrogen and oxygen atoms in total. The molecular weight excluding hydrogens is 915 g/mol. The summed E-state index contributed by atoms with van der Waals surface area (Å²) in [6, 6.07) is 23.8.